The lowest BCUT2D eigenvalue weighted by atomic mass is 10.1. The number of rotatable bonds is 2. The van der Waals surface area contributed by atoms with E-state index in [1.807, 2.05) is 11.0 Å². The van der Waals surface area contributed by atoms with Gasteiger partial charge in [-0.2, -0.15) is 0 Å². The minimum atomic E-state index is 0.0356. The summed E-state index contributed by atoms with van der Waals surface area (Å²) in [6.07, 6.45) is 1.54. The summed E-state index contributed by atoms with van der Waals surface area (Å²) in [5, 5.41) is 4.84. The van der Waals surface area contributed by atoms with Gasteiger partial charge in [-0.05, 0) is 25.2 Å². The van der Waals surface area contributed by atoms with Gasteiger partial charge in [-0.25, -0.2) is 4.98 Å². The molecular formula is C17H18N4O3. The van der Waals surface area contributed by atoms with Crippen LogP contribution in [0.5, 0.6) is 0 Å². The first-order valence-electron chi connectivity index (χ1n) is 7.91. The zero-order valence-electron chi connectivity index (χ0n) is 13.7. The molecule has 0 unspecified atom stereocenters. The molecule has 0 spiro atoms. The summed E-state index contributed by atoms with van der Waals surface area (Å²) in [7, 11) is 2.07. The Morgan fingerprint density at radius 3 is 2.71 bits per heavy atom. The third-order valence-electron chi connectivity index (χ3n) is 4.37. The maximum atomic E-state index is 12.7. The van der Waals surface area contributed by atoms with Gasteiger partial charge >= 0.3 is 0 Å². The first-order chi connectivity index (χ1) is 11.6. The monoisotopic (exact) mass is 326 g/mol. The first kappa shape index (κ1) is 14.9. The minimum absolute atomic E-state index is 0.0356. The molecule has 0 atom stereocenters. The fourth-order valence-corrected chi connectivity index (χ4v) is 2.92. The number of amides is 1. The highest BCUT2D eigenvalue weighted by molar-refractivity contribution is 6.00. The van der Waals surface area contributed by atoms with E-state index in [-0.39, 0.29) is 5.91 Å². The summed E-state index contributed by atoms with van der Waals surface area (Å²) in [5.74, 6) is 0.597. The fourth-order valence-electron chi connectivity index (χ4n) is 2.92. The van der Waals surface area contributed by atoms with Crippen LogP contribution < -0.4 is 0 Å². The standard InChI is InChI=1S/C17H18N4O3/c1-11-18-14(10-23-11)16-13-9-12(3-4-15(13)24-19-16)17(22)21-7-5-20(2)6-8-21/h3-4,9-10H,5-8H2,1-2H3. The molecule has 124 valence electrons. The lowest BCUT2D eigenvalue weighted by molar-refractivity contribution is 0.0664. The number of likely N-dealkylation sites (N-methyl/N-ethyl adjacent to an activating group) is 1. The van der Waals surface area contributed by atoms with Crippen molar-refractivity contribution in [3.63, 3.8) is 0 Å². The lowest BCUT2D eigenvalue weighted by Gasteiger charge is -2.32. The molecule has 7 heteroatoms. The Balaban J connectivity index is 1.68. The highest BCUT2D eigenvalue weighted by atomic mass is 16.5. The van der Waals surface area contributed by atoms with Crippen LogP contribution in [0.3, 0.4) is 0 Å². The van der Waals surface area contributed by atoms with Crippen LogP contribution in [-0.4, -0.2) is 59.1 Å². The van der Waals surface area contributed by atoms with Crippen molar-refractivity contribution in [2.24, 2.45) is 0 Å². The topological polar surface area (TPSA) is 75.6 Å². The van der Waals surface area contributed by atoms with Crippen LogP contribution in [0.1, 0.15) is 16.2 Å². The normalized spacial score (nSPS) is 16.0. The van der Waals surface area contributed by atoms with Crippen molar-refractivity contribution in [2.45, 2.75) is 6.92 Å². The number of hydrogen-bond donors (Lipinski definition) is 0. The van der Waals surface area contributed by atoms with Crippen molar-refractivity contribution < 1.29 is 13.7 Å². The number of aromatic nitrogens is 2. The second-order valence-electron chi connectivity index (χ2n) is 6.09. The molecule has 1 amide bonds. The molecule has 2 aromatic heterocycles. The second kappa shape index (κ2) is 5.76. The van der Waals surface area contributed by atoms with Crippen LogP contribution in [0.4, 0.5) is 0 Å². The van der Waals surface area contributed by atoms with E-state index in [9.17, 15) is 4.79 Å². The summed E-state index contributed by atoms with van der Waals surface area (Å²) in [5.41, 5.74) is 2.46. The highest BCUT2D eigenvalue weighted by Crippen LogP contribution is 2.28. The van der Waals surface area contributed by atoms with Crippen LogP contribution in [0.2, 0.25) is 0 Å². The van der Waals surface area contributed by atoms with Gasteiger partial charge in [0, 0.05) is 38.7 Å². The number of piperazine rings is 1. The maximum Gasteiger partial charge on any atom is 0.253 e. The maximum absolute atomic E-state index is 12.7. The summed E-state index contributed by atoms with van der Waals surface area (Å²) in [6, 6.07) is 5.39. The number of hydrogen-bond acceptors (Lipinski definition) is 6. The van der Waals surface area contributed by atoms with Gasteiger partial charge in [-0.3, -0.25) is 4.79 Å². The van der Waals surface area contributed by atoms with Gasteiger partial charge in [0.05, 0.1) is 5.39 Å². The Hall–Kier alpha value is -2.67. The third-order valence-corrected chi connectivity index (χ3v) is 4.37. The van der Waals surface area contributed by atoms with E-state index >= 15 is 0 Å². The Bertz CT molecular complexity index is 890. The molecule has 3 heterocycles. The molecule has 1 saturated heterocycles. The van der Waals surface area contributed by atoms with E-state index in [0.717, 1.165) is 31.6 Å². The Labute approximate surface area is 138 Å². The molecule has 1 aliphatic rings. The van der Waals surface area contributed by atoms with Gasteiger partial charge in [0.25, 0.3) is 5.91 Å². The molecule has 4 rings (SSSR count). The van der Waals surface area contributed by atoms with Crippen LogP contribution in [0.25, 0.3) is 22.4 Å². The molecule has 1 aromatic carbocycles. The molecule has 0 bridgehead atoms. The van der Waals surface area contributed by atoms with Crippen molar-refractivity contribution in [3.8, 4) is 11.4 Å². The zero-order chi connectivity index (χ0) is 16.7. The van der Waals surface area contributed by atoms with Crippen LogP contribution in [0, 0.1) is 6.92 Å². The number of fused-ring (bicyclic) bond motifs is 1. The minimum Gasteiger partial charge on any atom is -0.449 e. The summed E-state index contributed by atoms with van der Waals surface area (Å²) < 4.78 is 10.6. The van der Waals surface area contributed by atoms with Crippen LogP contribution in [0.15, 0.2) is 33.4 Å². The molecular weight excluding hydrogens is 308 g/mol. The summed E-state index contributed by atoms with van der Waals surface area (Å²) >= 11 is 0. The zero-order valence-corrected chi connectivity index (χ0v) is 13.7. The third kappa shape index (κ3) is 2.56. The van der Waals surface area contributed by atoms with Gasteiger partial charge in [-0.1, -0.05) is 5.16 Å². The largest absolute Gasteiger partial charge is 0.449 e. The average molecular weight is 326 g/mol. The Morgan fingerprint density at radius 1 is 1.21 bits per heavy atom. The van der Waals surface area contributed by atoms with E-state index in [2.05, 4.69) is 22.1 Å². The quantitative estimate of drug-likeness (QED) is 0.718. The molecule has 1 aliphatic heterocycles. The molecule has 0 saturated carbocycles. The van der Waals surface area contributed by atoms with E-state index in [0.29, 0.717) is 28.4 Å². The van der Waals surface area contributed by atoms with Crippen molar-refractivity contribution >= 4 is 16.9 Å². The van der Waals surface area contributed by atoms with E-state index in [4.69, 9.17) is 8.94 Å². The smallest absolute Gasteiger partial charge is 0.253 e. The van der Waals surface area contributed by atoms with Gasteiger partial charge in [0.15, 0.2) is 11.5 Å². The first-order valence-corrected chi connectivity index (χ1v) is 7.91. The number of carbonyl (C=O) groups excluding carboxylic acids is 1. The molecule has 3 aromatic rings. The number of nitrogens with zero attached hydrogens (tertiary/aromatic N) is 4. The van der Waals surface area contributed by atoms with Gasteiger partial charge in [0.1, 0.15) is 17.7 Å². The van der Waals surface area contributed by atoms with E-state index in [1.54, 1.807) is 25.3 Å². The van der Waals surface area contributed by atoms with Crippen LogP contribution in [-0.2, 0) is 0 Å². The molecule has 0 aliphatic carbocycles. The summed E-state index contributed by atoms with van der Waals surface area (Å²) in [6.45, 7) is 5.04. The predicted octanol–water partition coefficient (Wildman–Crippen LogP) is 2.18. The fraction of sp³-hybridized carbons (Fsp3) is 0.353. The Morgan fingerprint density at radius 2 is 2.00 bits per heavy atom. The van der Waals surface area contributed by atoms with Gasteiger partial charge in [0.2, 0.25) is 0 Å². The lowest BCUT2D eigenvalue weighted by Crippen LogP contribution is -2.47. The number of aryl methyl sites for hydroxylation is 1. The van der Waals surface area contributed by atoms with E-state index in [1.165, 1.54) is 0 Å². The Kier molecular flexibility index (Phi) is 3.57. The average Bonchev–Trinajstić information content (AvgIpc) is 3.20. The van der Waals surface area contributed by atoms with Gasteiger partial charge in [-0.15, -0.1) is 0 Å². The highest BCUT2D eigenvalue weighted by Gasteiger charge is 2.22. The second-order valence-corrected chi connectivity index (χ2v) is 6.09. The van der Waals surface area contributed by atoms with Crippen LogP contribution >= 0.6 is 0 Å². The van der Waals surface area contributed by atoms with Crippen molar-refractivity contribution in [2.75, 3.05) is 33.2 Å². The predicted molar refractivity (Wildman–Crippen MR) is 87.6 cm³/mol. The molecule has 24 heavy (non-hydrogen) atoms. The van der Waals surface area contributed by atoms with Gasteiger partial charge < -0.3 is 18.7 Å². The molecule has 0 radical (unpaired) electrons. The van der Waals surface area contributed by atoms with Crippen molar-refractivity contribution in [1.29, 1.82) is 0 Å². The molecule has 7 nitrogen and oxygen atoms in total. The SMILES string of the molecule is Cc1nc(-c2noc3ccc(C(=O)N4CCN(C)CC4)cc23)co1. The summed E-state index contributed by atoms with van der Waals surface area (Å²) in [4.78, 5) is 21.1. The molecule has 0 N–H and O–H groups in total. The van der Waals surface area contributed by atoms with Crippen molar-refractivity contribution in [3.05, 3.63) is 35.9 Å². The number of oxazole rings is 1. The van der Waals surface area contributed by atoms with Crippen molar-refractivity contribution in [1.82, 2.24) is 19.9 Å². The number of carbonyl (C=O) groups is 1. The number of benzene rings is 1. The molecule has 1 fully saturated rings. The van der Waals surface area contributed by atoms with E-state index < -0.39 is 0 Å².